The summed E-state index contributed by atoms with van der Waals surface area (Å²) in [5.74, 6) is -1.03. The Bertz CT molecular complexity index is 845. The number of carbonyl (C=O) groups is 1. The van der Waals surface area contributed by atoms with Crippen LogP contribution in [0.4, 0.5) is 10.1 Å². The summed E-state index contributed by atoms with van der Waals surface area (Å²) in [4.78, 5) is 13.2. The molecule has 134 valence electrons. The van der Waals surface area contributed by atoms with Crippen molar-refractivity contribution in [2.24, 2.45) is 10.2 Å². The molecule has 25 heavy (non-hydrogen) atoms. The van der Waals surface area contributed by atoms with E-state index < -0.39 is 16.0 Å². The summed E-state index contributed by atoms with van der Waals surface area (Å²) < 4.78 is 44.9. The highest BCUT2D eigenvalue weighted by Gasteiger charge is 2.35. The minimum atomic E-state index is -3.81. The first-order chi connectivity index (χ1) is 11.9. The SMILES string of the molecule is COC(=O)C1=NN=C(S(=O)(=O)N2CCN(c3ccccc3F)CC2)C1. The number of esters is 1. The Balaban J connectivity index is 1.65. The van der Waals surface area contributed by atoms with Crippen LogP contribution in [0.3, 0.4) is 0 Å². The van der Waals surface area contributed by atoms with E-state index in [9.17, 15) is 17.6 Å². The number of benzene rings is 1. The van der Waals surface area contributed by atoms with Gasteiger partial charge >= 0.3 is 5.97 Å². The van der Waals surface area contributed by atoms with E-state index >= 15 is 0 Å². The Hall–Kier alpha value is -2.33. The standard InChI is InChI=1S/C15H17FN4O4S/c1-24-15(21)12-10-14(18-17-12)25(22,23)20-8-6-19(7-9-20)13-5-3-2-4-11(13)16/h2-5H,6-10H2,1H3. The number of rotatable bonds is 3. The van der Waals surface area contributed by atoms with Gasteiger partial charge in [0.05, 0.1) is 19.2 Å². The average Bonchev–Trinajstić information content (AvgIpc) is 3.12. The van der Waals surface area contributed by atoms with Crippen LogP contribution in [0.5, 0.6) is 0 Å². The number of sulfonamides is 1. The third-order valence-corrected chi connectivity index (χ3v) is 5.96. The normalized spacial score (nSPS) is 18.7. The lowest BCUT2D eigenvalue weighted by molar-refractivity contribution is -0.132. The summed E-state index contributed by atoms with van der Waals surface area (Å²) in [6.45, 7) is 1.11. The van der Waals surface area contributed by atoms with Gasteiger partial charge in [-0.3, -0.25) is 0 Å². The van der Waals surface area contributed by atoms with E-state index in [4.69, 9.17) is 0 Å². The second kappa shape index (κ2) is 6.89. The molecule has 0 unspecified atom stereocenters. The van der Waals surface area contributed by atoms with Crippen LogP contribution in [0.25, 0.3) is 0 Å². The molecule has 1 aromatic rings. The Morgan fingerprint density at radius 2 is 1.84 bits per heavy atom. The number of para-hydroxylation sites is 1. The molecule has 1 aromatic carbocycles. The molecule has 0 aromatic heterocycles. The topological polar surface area (TPSA) is 91.6 Å². The number of halogens is 1. The molecule has 8 nitrogen and oxygen atoms in total. The van der Waals surface area contributed by atoms with Crippen molar-refractivity contribution in [2.45, 2.75) is 6.42 Å². The molecular formula is C15H17FN4O4S. The molecule has 10 heteroatoms. The molecule has 0 aliphatic carbocycles. The van der Waals surface area contributed by atoms with Gasteiger partial charge in [0, 0.05) is 26.2 Å². The predicted molar refractivity (Wildman–Crippen MR) is 90.6 cm³/mol. The van der Waals surface area contributed by atoms with Crippen molar-refractivity contribution in [2.75, 3.05) is 38.2 Å². The summed E-state index contributed by atoms with van der Waals surface area (Å²) in [6, 6.07) is 6.38. The van der Waals surface area contributed by atoms with E-state index in [1.54, 1.807) is 23.1 Å². The molecule has 2 aliphatic rings. The average molecular weight is 368 g/mol. The van der Waals surface area contributed by atoms with Gasteiger partial charge in [-0.1, -0.05) is 12.1 Å². The Morgan fingerprint density at radius 3 is 2.48 bits per heavy atom. The van der Waals surface area contributed by atoms with E-state index in [-0.39, 0.29) is 36.1 Å². The van der Waals surface area contributed by atoms with Crippen LogP contribution in [0.2, 0.25) is 0 Å². The van der Waals surface area contributed by atoms with E-state index in [2.05, 4.69) is 14.9 Å². The van der Waals surface area contributed by atoms with Crippen molar-refractivity contribution in [1.82, 2.24) is 4.31 Å². The number of piperazine rings is 1. The van der Waals surface area contributed by atoms with Crippen molar-refractivity contribution in [3.63, 3.8) is 0 Å². The molecular weight excluding hydrogens is 351 g/mol. The molecule has 0 atom stereocenters. The molecule has 0 spiro atoms. The highest BCUT2D eigenvalue weighted by atomic mass is 32.2. The summed E-state index contributed by atoms with van der Waals surface area (Å²) in [6.07, 6.45) is -0.178. The highest BCUT2D eigenvalue weighted by Crippen LogP contribution is 2.22. The summed E-state index contributed by atoms with van der Waals surface area (Å²) in [5, 5.41) is 7.04. The Morgan fingerprint density at radius 1 is 1.16 bits per heavy atom. The zero-order chi connectivity index (χ0) is 18.0. The summed E-state index contributed by atoms with van der Waals surface area (Å²) in [5.41, 5.74) is 0.417. The largest absolute Gasteiger partial charge is 0.464 e. The first-order valence-electron chi connectivity index (χ1n) is 7.65. The predicted octanol–water partition coefficient (Wildman–Crippen LogP) is 0.609. The first-order valence-corrected chi connectivity index (χ1v) is 9.09. The molecule has 0 amide bonds. The zero-order valence-electron chi connectivity index (χ0n) is 13.6. The number of methoxy groups -OCH3 is 1. The third-order valence-electron chi connectivity index (χ3n) is 4.09. The van der Waals surface area contributed by atoms with Crippen LogP contribution in [-0.4, -0.2) is 62.7 Å². The van der Waals surface area contributed by atoms with Crippen LogP contribution < -0.4 is 4.90 Å². The number of hydrogen-bond acceptors (Lipinski definition) is 7. The Labute approximate surface area is 144 Å². The lowest BCUT2D eigenvalue weighted by Crippen LogP contribution is -2.50. The summed E-state index contributed by atoms with van der Waals surface area (Å²) in [7, 11) is -2.62. The second-order valence-corrected chi connectivity index (χ2v) is 7.49. The van der Waals surface area contributed by atoms with Gasteiger partial charge in [-0.15, -0.1) is 10.2 Å². The summed E-state index contributed by atoms with van der Waals surface area (Å²) >= 11 is 0. The van der Waals surface area contributed by atoms with Gasteiger partial charge in [-0.2, -0.15) is 4.31 Å². The van der Waals surface area contributed by atoms with Crippen molar-refractivity contribution in [3.05, 3.63) is 30.1 Å². The maximum atomic E-state index is 13.9. The van der Waals surface area contributed by atoms with Crippen LogP contribution in [0.15, 0.2) is 34.5 Å². The quantitative estimate of drug-likeness (QED) is 0.729. The van der Waals surface area contributed by atoms with Gasteiger partial charge in [-0.05, 0) is 12.1 Å². The van der Waals surface area contributed by atoms with Crippen LogP contribution in [0.1, 0.15) is 6.42 Å². The smallest absolute Gasteiger partial charge is 0.354 e. The molecule has 1 fully saturated rings. The van der Waals surface area contributed by atoms with E-state index in [1.165, 1.54) is 17.5 Å². The molecule has 0 saturated carbocycles. The molecule has 3 rings (SSSR count). The minimum absolute atomic E-state index is 0.0360. The van der Waals surface area contributed by atoms with Crippen molar-refractivity contribution in [1.29, 1.82) is 0 Å². The number of nitrogens with zero attached hydrogens (tertiary/aromatic N) is 4. The third kappa shape index (κ3) is 3.40. The van der Waals surface area contributed by atoms with Crippen LogP contribution >= 0.6 is 0 Å². The fraction of sp³-hybridized carbons (Fsp3) is 0.400. The molecule has 0 N–H and O–H groups in total. The number of hydrogen-bond donors (Lipinski definition) is 0. The highest BCUT2D eigenvalue weighted by molar-refractivity contribution is 8.04. The molecule has 0 radical (unpaired) electrons. The lowest BCUT2D eigenvalue weighted by Gasteiger charge is -2.35. The van der Waals surface area contributed by atoms with E-state index in [0.717, 1.165) is 0 Å². The minimum Gasteiger partial charge on any atom is -0.464 e. The monoisotopic (exact) mass is 368 g/mol. The van der Waals surface area contributed by atoms with Crippen molar-refractivity contribution < 1.29 is 22.3 Å². The van der Waals surface area contributed by atoms with Crippen molar-refractivity contribution >= 4 is 32.4 Å². The Kier molecular flexibility index (Phi) is 4.82. The first kappa shape index (κ1) is 17.5. The number of anilines is 1. The molecule has 2 aliphatic heterocycles. The fourth-order valence-electron chi connectivity index (χ4n) is 2.73. The lowest BCUT2D eigenvalue weighted by atomic mass is 10.2. The molecule has 2 heterocycles. The van der Waals surface area contributed by atoms with Gasteiger partial charge in [0.2, 0.25) is 0 Å². The number of ether oxygens (including phenoxy) is 1. The maximum Gasteiger partial charge on any atom is 0.354 e. The number of carbonyl (C=O) groups excluding carboxylic acids is 1. The van der Waals surface area contributed by atoms with Gasteiger partial charge in [0.1, 0.15) is 5.82 Å². The second-order valence-electron chi connectivity index (χ2n) is 5.55. The zero-order valence-corrected chi connectivity index (χ0v) is 14.4. The van der Waals surface area contributed by atoms with Gasteiger partial charge in [-0.25, -0.2) is 17.6 Å². The van der Waals surface area contributed by atoms with E-state index in [0.29, 0.717) is 18.8 Å². The maximum absolute atomic E-state index is 13.9. The van der Waals surface area contributed by atoms with Crippen LogP contribution in [-0.2, 0) is 19.6 Å². The van der Waals surface area contributed by atoms with Crippen molar-refractivity contribution in [3.8, 4) is 0 Å². The van der Waals surface area contributed by atoms with Crippen LogP contribution in [0, 0.1) is 5.82 Å². The van der Waals surface area contributed by atoms with Gasteiger partial charge in [0.15, 0.2) is 10.8 Å². The van der Waals surface area contributed by atoms with Gasteiger partial charge < -0.3 is 9.64 Å². The van der Waals surface area contributed by atoms with E-state index in [1.807, 2.05) is 0 Å². The fourth-order valence-corrected chi connectivity index (χ4v) is 4.14. The van der Waals surface area contributed by atoms with Gasteiger partial charge in [0.25, 0.3) is 10.0 Å². The molecule has 0 bridgehead atoms. The molecule has 1 saturated heterocycles.